The SMILES string of the molecule is Cc1ccccc1Nc1nccc(C(=O)N2CCC(C)CC2)n1. The molecule has 1 amide bonds. The first kappa shape index (κ1) is 15.5. The molecule has 1 fully saturated rings. The molecule has 0 saturated carbocycles. The maximum atomic E-state index is 12.6. The van der Waals surface area contributed by atoms with E-state index in [2.05, 4.69) is 22.2 Å². The van der Waals surface area contributed by atoms with Gasteiger partial charge in [0.2, 0.25) is 5.95 Å². The molecule has 0 aliphatic carbocycles. The number of aromatic nitrogens is 2. The smallest absolute Gasteiger partial charge is 0.272 e. The summed E-state index contributed by atoms with van der Waals surface area (Å²) in [4.78, 5) is 23.1. The Labute approximate surface area is 136 Å². The van der Waals surface area contributed by atoms with Crippen LogP contribution in [-0.4, -0.2) is 33.9 Å². The second-order valence-electron chi connectivity index (χ2n) is 6.18. The minimum absolute atomic E-state index is 0.00728. The van der Waals surface area contributed by atoms with Crippen molar-refractivity contribution in [1.29, 1.82) is 0 Å². The predicted octanol–water partition coefficient (Wildman–Crippen LogP) is 3.40. The zero-order chi connectivity index (χ0) is 16.2. The van der Waals surface area contributed by atoms with Crippen LogP contribution >= 0.6 is 0 Å². The standard InChI is InChI=1S/C18H22N4O/c1-13-8-11-22(12-9-13)17(23)16-7-10-19-18(21-16)20-15-6-4-3-5-14(15)2/h3-7,10,13H,8-9,11-12H2,1-2H3,(H,19,20,21). The molecule has 1 aliphatic heterocycles. The molecule has 1 saturated heterocycles. The summed E-state index contributed by atoms with van der Waals surface area (Å²) in [7, 11) is 0. The molecule has 5 heteroatoms. The molecule has 23 heavy (non-hydrogen) atoms. The summed E-state index contributed by atoms with van der Waals surface area (Å²) in [6.07, 6.45) is 3.75. The van der Waals surface area contributed by atoms with Gasteiger partial charge in [-0.2, -0.15) is 0 Å². The fraction of sp³-hybridized carbons (Fsp3) is 0.389. The molecular formula is C18H22N4O. The van der Waals surface area contributed by atoms with E-state index < -0.39 is 0 Å². The Morgan fingerprint density at radius 3 is 2.70 bits per heavy atom. The fourth-order valence-electron chi connectivity index (χ4n) is 2.75. The van der Waals surface area contributed by atoms with E-state index in [4.69, 9.17) is 0 Å². The summed E-state index contributed by atoms with van der Waals surface area (Å²) in [6, 6.07) is 9.62. The van der Waals surface area contributed by atoms with Crippen LogP contribution in [-0.2, 0) is 0 Å². The molecule has 2 aromatic rings. The Hall–Kier alpha value is -2.43. The van der Waals surface area contributed by atoms with Crippen molar-refractivity contribution in [2.75, 3.05) is 18.4 Å². The number of para-hydroxylation sites is 1. The lowest BCUT2D eigenvalue weighted by molar-refractivity contribution is 0.0691. The molecule has 3 rings (SSSR count). The van der Waals surface area contributed by atoms with Crippen LogP contribution in [0.4, 0.5) is 11.6 Å². The molecule has 0 unspecified atom stereocenters. The molecule has 0 atom stereocenters. The first-order chi connectivity index (χ1) is 11.1. The van der Waals surface area contributed by atoms with Gasteiger partial charge in [-0.25, -0.2) is 9.97 Å². The van der Waals surface area contributed by atoms with Gasteiger partial charge < -0.3 is 10.2 Å². The van der Waals surface area contributed by atoms with Crippen molar-refractivity contribution in [2.24, 2.45) is 5.92 Å². The third-order valence-corrected chi connectivity index (χ3v) is 4.34. The molecule has 1 N–H and O–H groups in total. The van der Waals surface area contributed by atoms with E-state index in [1.165, 1.54) is 0 Å². The van der Waals surface area contributed by atoms with Crippen molar-refractivity contribution in [3.63, 3.8) is 0 Å². The Morgan fingerprint density at radius 2 is 1.96 bits per heavy atom. The number of likely N-dealkylation sites (tertiary alicyclic amines) is 1. The van der Waals surface area contributed by atoms with Gasteiger partial charge in [-0.1, -0.05) is 25.1 Å². The summed E-state index contributed by atoms with van der Waals surface area (Å²) < 4.78 is 0. The lowest BCUT2D eigenvalue weighted by atomic mass is 9.99. The second kappa shape index (κ2) is 6.77. The topological polar surface area (TPSA) is 58.1 Å². The minimum Gasteiger partial charge on any atom is -0.337 e. The van der Waals surface area contributed by atoms with Crippen molar-refractivity contribution >= 4 is 17.5 Å². The lowest BCUT2D eigenvalue weighted by Gasteiger charge is -2.30. The number of nitrogens with zero attached hydrogens (tertiary/aromatic N) is 3. The van der Waals surface area contributed by atoms with E-state index in [9.17, 15) is 4.79 Å². The second-order valence-corrected chi connectivity index (χ2v) is 6.18. The van der Waals surface area contributed by atoms with Crippen molar-refractivity contribution < 1.29 is 4.79 Å². The Kier molecular flexibility index (Phi) is 4.55. The number of piperidine rings is 1. The number of hydrogen-bond acceptors (Lipinski definition) is 4. The molecule has 1 aromatic heterocycles. The van der Waals surface area contributed by atoms with Gasteiger partial charge in [0.1, 0.15) is 5.69 Å². The zero-order valence-corrected chi connectivity index (χ0v) is 13.6. The van der Waals surface area contributed by atoms with Crippen LogP contribution < -0.4 is 5.32 Å². The van der Waals surface area contributed by atoms with Crippen LogP contribution in [0.1, 0.15) is 35.8 Å². The highest BCUT2D eigenvalue weighted by Crippen LogP contribution is 2.19. The largest absolute Gasteiger partial charge is 0.337 e. The number of amides is 1. The number of anilines is 2. The molecule has 0 spiro atoms. The number of rotatable bonds is 3. The van der Waals surface area contributed by atoms with Crippen LogP contribution in [0.3, 0.4) is 0 Å². The first-order valence-corrected chi connectivity index (χ1v) is 8.08. The fourth-order valence-corrected chi connectivity index (χ4v) is 2.75. The summed E-state index contributed by atoms with van der Waals surface area (Å²) in [6.45, 7) is 5.87. The van der Waals surface area contributed by atoms with Crippen molar-refractivity contribution in [3.8, 4) is 0 Å². The molecule has 2 heterocycles. The van der Waals surface area contributed by atoms with Crippen LogP contribution in [0, 0.1) is 12.8 Å². The number of nitrogens with one attached hydrogen (secondary N) is 1. The van der Waals surface area contributed by atoms with Gasteiger partial charge in [0.05, 0.1) is 0 Å². The molecular weight excluding hydrogens is 288 g/mol. The van der Waals surface area contributed by atoms with Crippen molar-refractivity contribution in [3.05, 3.63) is 47.8 Å². The average molecular weight is 310 g/mol. The van der Waals surface area contributed by atoms with E-state index in [0.717, 1.165) is 37.2 Å². The minimum atomic E-state index is -0.00728. The van der Waals surface area contributed by atoms with Crippen LogP contribution in [0.25, 0.3) is 0 Å². The van der Waals surface area contributed by atoms with E-state index >= 15 is 0 Å². The highest BCUT2D eigenvalue weighted by molar-refractivity contribution is 5.92. The van der Waals surface area contributed by atoms with Crippen LogP contribution in [0.5, 0.6) is 0 Å². The van der Waals surface area contributed by atoms with E-state index in [-0.39, 0.29) is 5.91 Å². The van der Waals surface area contributed by atoms with Gasteiger partial charge in [-0.05, 0) is 43.4 Å². The lowest BCUT2D eigenvalue weighted by Crippen LogP contribution is -2.38. The predicted molar refractivity (Wildman–Crippen MR) is 90.8 cm³/mol. The number of hydrogen-bond donors (Lipinski definition) is 1. The highest BCUT2D eigenvalue weighted by Gasteiger charge is 2.22. The van der Waals surface area contributed by atoms with E-state index in [1.54, 1.807) is 12.3 Å². The quantitative estimate of drug-likeness (QED) is 0.944. The summed E-state index contributed by atoms with van der Waals surface area (Å²) >= 11 is 0. The number of aryl methyl sites for hydroxylation is 1. The number of benzene rings is 1. The summed E-state index contributed by atoms with van der Waals surface area (Å²) in [5, 5.41) is 3.18. The normalized spacial score (nSPS) is 15.5. The summed E-state index contributed by atoms with van der Waals surface area (Å²) in [5.41, 5.74) is 2.51. The summed E-state index contributed by atoms with van der Waals surface area (Å²) in [5.74, 6) is 1.14. The number of carbonyl (C=O) groups excluding carboxylic acids is 1. The third-order valence-electron chi connectivity index (χ3n) is 4.34. The van der Waals surface area contributed by atoms with Crippen molar-refractivity contribution in [1.82, 2.24) is 14.9 Å². The maximum absolute atomic E-state index is 12.6. The molecule has 1 aliphatic rings. The molecule has 1 aromatic carbocycles. The molecule has 0 bridgehead atoms. The maximum Gasteiger partial charge on any atom is 0.272 e. The van der Waals surface area contributed by atoms with E-state index in [1.807, 2.05) is 36.1 Å². The first-order valence-electron chi connectivity index (χ1n) is 8.08. The average Bonchev–Trinajstić information content (AvgIpc) is 2.57. The molecule has 5 nitrogen and oxygen atoms in total. The highest BCUT2D eigenvalue weighted by atomic mass is 16.2. The number of carbonyl (C=O) groups is 1. The van der Waals surface area contributed by atoms with Crippen LogP contribution in [0.2, 0.25) is 0 Å². The van der Waals surface area contributed by atoms with Crippen molar-refractivity contribution in [2.45, 2.75) is 26.7 Å². The van der Waals surface area contributed by atoms with Gasteiger partial charge in [-0.15, -0.1) is 0 Å². The zero-order valence-electron chi connectivity index (χ0n) is 13.6. The monoisotopic (exact) mass is 310 g/mol. The Balaban J connectivity index is 1.75. The molecule has 0 radical (unpaired) electrons. The van der Waals surface area contributed by atoms with Gasteiger partial charge >= 0.3 is 0 Å². The third kappa shape index (κ3) is 3.67. The molecule has 120 valence electrons. The Bertz CT molecular complexity index is 693. The van der Waals surface area contributed by atoms with Gasteiger partial charge in [-0.3, -0.25) is 4.79 Å². The Morgan fingerprint density at radius 1 is 1.22 bits per heavy atom. The van der Waals surface area contributed by atoms with E-state index in [0.29, 0.717) is 17.6 Å². The van der Waals surface area contributed by atoms with Gasteiger partial charge in [0, 0.05) is 25.0 Å². The van der Waals surface area contributed by atoms with Gasteiger partial charge in [0.15, 0.2) is 0 Å². The van der Waals surface area contributed by atoms with Crippen LogP contribution in [0.15, 0.2) is 36.5 Å². The van der Waals surface area contributed by atoms with Gasteiger partial charge in [0.25, 0.3) is 5.91 Å².